The molecule has 0 radical (unpaired) electrons. The molecular formula is C17H24N2O4. The average molecular weight is 320 g/mol. The van der Waals surface area contributed by atoms with Crippen LogP contribution in [-0.4, -0.2) is 56.9 Å². The van der Waals surface area contributed by atoms with Gasteiger partial charge in [0.1, 0.15) is 17.6 Å². The van der Waals surface area contributed by atoms with Gasteiger partial charge in [0.25, 0.3) is 5.91 Å². The zero-order chi connectivity index (χ0) is 16.2. The molecule has 1 saturated carbocycles. The third-order valence-corrected chi connectivity index (χ3v) is 4.18. The smallest absolute Gasteiger partial charge is 0.250 e. The molecule has 0 bridgehead atoms. The van der Waals surface area contributed by atoms with Gasteiger partial charge in [-0.1, -0.05) is 0 Å². The van der Waals surface area contributed by atoms with Gasteiger partial charge in [-0.15, -0.1) is 0 Å². The highest BCUT2D eigenvalue weighted by atomic mass is 16.5. The number of ether oxygens (including phenoxy) is 3. The van der Waals surface area contributed by atoms with E-state index in [0.29, 0.717) is 19.2 Å². The van der Waals surface area contributed by atoms with Crippen molar-refractivity contribution in [3.05, 3.63) is 23.8 Å². The van der Waals surface area contributed by atoms with Crippen molar-refractivity contribution >= 4 is 5.91 Å². The minimum absolute atomic E-state index is 0.0143. The summed E-state index contributed by atoms with van der Waals surface area (Å²) in [5, 5.41) is 3.01. The molecular weight excluding hydrogens is 296 g/mol. The summed E-state index contributed by atoms with van der Waals surface area (Å²) >= 11 is 0. The van der Waals surface area contributed by atoms with Gasteiger partial charge in [-0.3, -0.25) is 9.69 Å². The normalized spacial score (nSPS) is 21.7. The Balaban J connectivity index is 1.61. The van der Waals surface area contributed by atoms with Gasteiger partial charge in [-0.2, -0.15) is 0 Å². The van der Waals surface area contributed by atoms with E-state index in [2.05, 4.69) is 10.2 Å². The number of nitrogens with one attached hydrogen (secondary N) is 1. The third-order valence-electron chi connectivity index (χ3n) is 4.18. The van der Waals surface area contributed by atoms with E-state index in [0.717, 1.165) is 43.0 Å². The molecule has 1 aromatic rings. The van der Waals surface area contributed by atoms with Gasteiger partial charge in [0.05, 0.1) is 20.8 Å². The van der Waals surface area contributed by atoms with Crippen LogP contribution in [0.15, 0.2) is 18.2 Å². The minimum Gasteiger partial charge on any atom is -0.497 e. The zero-order valence-electron chi connectivity index (χ0n) is 13.7. The van der Waals surface area contributed by atoms with Gasteiger partial charge >= 0.3 is 0 Å². The number of hydrogen-bond acceptors (Lipinski definition) is 5. The molecule has 126 valence electrons. The van der Waals surface area contributed by atoms with Crippen molar-refractivity contribution in [2.24, 2.45) is 0 Å². The SMILES string of the molecule is COc1cc(CN2CCOC(C(=O)NC3CC3)C2)cc(OC)c1. The molecule has 0 spiro atoms. The van der Waals surface area contributed by atoms with E-state index in [1.807, 2.05) is 18.2 Å². The van der Waals surface area contributed by atoms with Gasteiger partial charge in [-0.25, -0.2) is 0 Å². The summed E-state index contributed by atoms with van der Waals surface area (Å²) in [4.78, 5) is 14.4. The molecule has 1 N–H and O–H groups in total. The van der Waals surface area contributed by atoms with Gasteiger partial charge in [0, 0.05) is 31.7 Å². The van der Waals surface area contributed by atoms with Crippen LogP contribution in [0.4, 0.5) is 0 Å². The summed E-state index contributed by atoms with van der Waals surface area (Å²) in [7, 11) is 3.29. The Morgan fingerprint density at radius 3 is 2.57 bits per heavy atom. The molecule has 1 aliphatic heterocycles. The number of methoxy groups -OCH3 is 2. The average Bonchev–Trinajstić information content (AvgIpc) is 3.38. The summed E-state index contributed by atoms with van der Waals surface area (Å²) in [6, 6.07) is 6.22. The fraction of sp³-hybridized carbons (Fsp3) is 0.588. The van der Waals surface area contributed by atoms with Crippen molar-refractivity contribution < 1.29 is 19.0 Å². The summed E-state index contributed by atoms with van der Waals surface area (Å²) < 4.78 is 16.2. The maximum absolute atomic E-state index is 12.1. The van der Waals surface area contributed by atoms with Crippen LogP contribution in [0.1, 0.15) is 18.4 Å². The van der Waals surface area contributed by atoms with E-state index in [9.17, 15) is 4.79 Å². The Morgan fingerprint density at radius 2 is 1.96 bits per heavy atom. The van der Waals surface area contributed by atoms with Crippen molar-refractivity contribution in [2.75, 3.05) is 33.9 Å². The van der Waals surface area contributed by atoms with Gasteiger partial charge in [0.2, 0.25) is 0 Å². The first kappa shape index (κ1) is 16.1. The maximum Gasteiger partial charge on any atom is 0.250 e. The van der Waals surface area contributed by atoms with Crippen LogP contribution in [0.5, 0.6) is 11.5 Å². The molecule has 1 aliphatic carbocycles. The Labute approximate surface area is 136 Å². The molecule has 2 aliphatic rings. The fourth-order valence-electron chi connectivity index (χ4n) is 2.74. The zero-order valence-corrected chi connectivity index (χ0v) is 13.7. The lowest BCUT2D eigenvalue weighted by molar-refractivity contribution is -0.138. The number of carbonyl (C=O) groups excluding carboxylic acids is 1. The molecule has 3 rings (SSSR count). The number of amides is 1. The van der Waals surface area contributed by atoms with Crippen LogP contribution in [0, 0.1) is 0 Å². The first-order valence-corrected chi connectivity index (χ1v) is 8.04. The minimum atomic E-state index is -0.378. The second-order valence-electron chi connectivity index (χ2n) is 6.10. The number of morpholine rings is 1. The second-order valence-corrected chi connectivity index (χ2v) is 6.10. The summed E-state index contributed by atoms with van der Waals surface area (Å²) in [6.07, 6.45) is 1.80. The van der Waals surface area contributed by atoms with Crippen LogP contribution in [0.3, 0.4) is 0 Å². The monoisotopic (exact) mass is 320 g/mol. The number of carbonyl (C=O) groups is 1. The molecule has 1 atom stereocenters. The standard InChI is InChI=1S/C17H24N2O4/c1-21-14-7-12(8-15(9-14)22-2)10-19-5-6-23-16(11-19)17(20)18-13-3-4-13/h7-9,13,16H,3-6,10-11H2,1-2H3,(H,18,20). The van der Waals surface area contributed by atoms with Crippen molar-refractivity contribution in [3.63, 3.8) is 0 Å². The topological polar surface area (TPSA) is 60.0 Å². The first-order valence-electron chi connectivity index (χ1n) is 8.04. The molecule has 1 saturated heterocycles. The highest BCUT2D eigenvalue weighted by molar-refractivity contribution is 5.81. The van der Waals surface area contributed by atoms with Crippen LogP contribution >= 0.6 is 0 Å². The van der Waals surface area contributed by atoms with Crippen LogP contribution < -0.4 is 14.8 Å². The predicted molar refractivity (Wildman–Crippen MR) is 85.7 cm³/mol. The maximum atomic E-state index is 12.1. The van der Waals surface area contributed by atoms with E-state index in [4.69, 9.17) is 14.2 Å². The summed E-state index contributed by atoms with van der Waals surface area (Å²) in [5.41, 5.74) is 1.10. The van der Waals surface area contributed by atoms with E-state index >= 15 is 0 Å². The Bertz CT molecular complexity index is 537. The molecule has 1 unspecified atom stereocenters. The van der Waals surface area contributed by atoms with Crippen LogP contribution in [-0.2, 0) is 16.1 Å². The van der Waals surface area contributed by atoms with E-state index in [1.165, 1.54) is 0 Å². The lowest BCUT2D eigenvalue weighted by Crippen LogP contribution is -2.49. The lowest BCUT2D eigenvalue weighted by atomic mass is 10.1. The molecule has 23 heavy (non-hydrogen) atoms. The quantitative estimate of drug-likeness (QED) is 0.853. The molecule has 1 heterocycles. The Hall–Kier alpha value is -1.79. The molecule has 6 nitrogen and oxygen atoms in total. The van der Waals surface area contributed by atoms with E-state index in [1.54, 1.807) is 14.2 Å². The number of rotatable bonds is 6. The van der Waals surface area contributed by atoms with Crippen molar-refractivity contribution in [3.8, 4) is 11.5 Å². The molecule has 0 aromatic heterocycles. The number of hydrogen-bond donors (Lipinski definition) is 1. The molecule has 1 amide bonds. The van der Waals surface area contributed by atoms with Crippen molar-refractivity contribution in [1.29, 1.82) is 0 Å². The van der Waals surface area contributed by atoms with Gasteiger partial charge in [0.15, 0.2) is 0 Å². The van der Waals surface area contributed by atoms with E-state index in [-0.39, 0.29) is 12.0 Å². The van der Waals surface area contributed by atoms with E-state index < -0.39 is 0 Å². The number of nitrogens with zero attached hydrogens (tertiary/aromatic N) is 1. The largest absolute Gasteiger partial charge is 0.497 e. The van der Waals surface area contributed by atoms with Crippen LogP contribution in [0.2, 0.25) is 0 Å². The predicted octanol–water partition coefficient (Wildman–Crippen LogP) is 1.18. The van der Waals surface area contributed by atoms with Gasteiger partial charge < -0.3 is 19.5 Å². The molecule has 2 fully saturated rings. The number of benzene rings is 1. The Morgan fingerprint density at radius 1 is 1.26 bits per heavy atom. The first-order chi connectivity index (χ1) is 11.2. The fourth-order valence-corrected chi connectivity index (χ4v) is 2.74. The van der Waals surface area contributed by atoms with Gasteiger partial charge in [-0.05, 0) is 30.5 Å². The molecule has 1 aromatic carbocycles. The second kappa shape index (κ2) is 7.19. The highest BCUT2D eigenvalue weighted by Crippen LogP contribution is 2.24. The van der Waals surface area contributed by atoms with Crippen molar-refractivity contribution in [2.45, 2.75) is 31.5 Å². The van der Waals surface area contributed by atoms with Crippen LogP contribution in [0.25, 0.3) is 0 Å². The summed E-state index contributed by atoms with van der Waals surface area (Å²) in [5.74, 6) is 1.56. The summed E-state index contributed by atoms with van der Waals surface area (Å²) in [6.45, 7) is 2.73. The highest BCUT2D eigenvalue weighted by Gasteiger charge is 2.31. The molecule has 6 heteroatoms. The lowest BCUT2D eigenvalue weighted by Gasteiger charge is -2.32. The van der Waals surface area contributed by atoms with Crippen molar-refractivity contribution in [1.82, 2.24) is 10.2 Å². The Kier molecular flexibility index (Phi) is 5.03. The third kappa shape index (κ3) is 4.36.